The summed E-state index contributed by atoms with van der Waals surface area (Å²) in [6.45, 7) is 5.52. The zero-order valence-electron chi connectivity index (χ0n) is 19.4. The summed E-state index contributed by atoms with van der Waals surface area (Å²) in [5, 5.41) is 3.91. The Hall–Kier alpha value is -2.71. The number of carbonyl (C=O) groups is 2. The van der Waals surface area contributed by atoms with Gasteiger partial charge in [-0.2, -0.15) is 0 Å². The van der Waals surface area contributed by atoms with Crippen LogP contribution in [0.15, 0.2) is 53.2 Å². The zero-order chi connectivity index (χ0) is 24.1. The lowest BCUT2D eigenvalue weighted by atomic mass is 10.00. The molecule has 1 aliphatic rings. The standard InChI is InChI=1S/C26H29FN2O3S2/c1-3-18(2)15-28(26(31)24-8-5-12-33-24)16-25(30)29-11-9-23-21(10-13-34-23)22(29)17-32-20-7-4-6-19(27)14-20/h4-8,10,12-14,18,22H,3,9,11,15-17H2,1-2H3/t18-,22+/m1/s1. The van der Waals surface area contributed by atoms with Gasteiger partial charge in [-0.1, -0.05) is 32.4 Å². The predicted molar refractivity (Wildman–Crippen MR) is 134 cm³/mol. The van der Waals surface area contributed by atoms with Gasteiger partial charge in [0, 0.05) is 24.0 Å². The molecule has 1 aromatic carbocycles. The smallest absolute Gasteiger partial charge is 0.264 e. The molecule has 180 valence electrons. The molecule has 0 fully saturated rings. The normalized spacial score (nSPS) is 16.1. The van der Waals surface area contributed by atoms with Gasteiger partial charge in [-0.25, -0.2) is 4.39 Å². The van der Waals surface area contributed by atoms with Crippen molar-refractivity contribution in [1.29, 1.82) is 0 Å². The van der Waals surface area contributed by atoms with E-state index >= 15 is 0 Å². The molecule has 0 bridgehead atoms. The number of fused-ring (bicyclic) bond motifs is 1. The third kappa shape index (κ3) is 5.67. The highest BCUT2D eigenvalue weighted by Crippen LogP contribution is 2.34. The van der Waals surface area contributed by atoms with Crippen LogP contribution in [0.25, 0.3) is 0 Å². The monoisotopic (exact) mass is 500 g/mol. The van der Waals surface area contributed by atoms with Gasteiger partial charge in [0.2, 0.25) is 5.91 Å². The molecule has 0 N–H and O–H groups in total. The third-order valence-corrected chi connectivity index (χ3v) is 8.05. The van der Waals surface area contributed by atoms with E-state index < -0.39 is 0 Å². The molecule has 4 rings (SSSR count). The van der Waals surface area contributed by atoms with Crippen molar-refractivity contribution in [2.75, 3.05) is 26.2 Å². The second-order valence-corrected chi connectivity index (χ2v) is 10.5. The maximum Gasteiger partial charge on any atom is 0.264 e. The molecule has 2 aromatic heterocycles. The number of nitrogens with zero attached hydrogens (tertiary/aromatic N) is 2. The fourth-order valence-electron chi connectivity index (χ4n) is 4.14. The van der Waals surface area contributed by atoms with E-state index in [1.165, 1.54) is 28.3 Å². The number of rotatable bonds is 9. The van der Waals surface area contributed by atoms with E-state index in [1.807, 2.05) is 27.8 Å². The summed E-state index contributed by atoms with van der Waals surface area (Å²) >= 11 is 3.07. The van der Waals surface area contributed by atoms with Gasteiger partial charge >= 0.3 is 0 Å². The number of hydrogen-bond donors (Lipinski definition) is 0. The average molecular weight is 501 g/mol. The van der Waals surface area contributed by atoms with Crippen molar-refractivity contribution in [2.24, 2.45) is 5.92 Å². The summed E-state index contributed by atoms with van der Waals surface area (Å²) in [6, 6.07) is 11.4. The average Bonchev–Trinajstić information content (AvgIpc) is 3.53. The molecule has 2 amide bonds. The summed E-state index contributed by atoms with van der Waals surface area (Å²) in [4.78, 5) is 32.1. The van der Waals surface area contributed by atoms with Gasteiger partial charge in [-0.3, -0.25) is 9.59 Å². The Morgan fingerprint density at radius 3 is 2.79 bits per heavy atom. The van der Waals surface area contributed by atoms with Crippen LogP contribution >= 0.6 is 22.7 Å². The van der Waals surface area contributed by atoms with Crippen molar-refractivity contribution in [1.82, 2.24) is 9.80 Å². The number of thiophene rings is 2. The van der Waals surface area contributed by atoms with Crippen LogP contribution in [0.5, 0.6) is 5.75 Å². The zero-order valence-corrected chi connectivity index (χ0v) is 21.0. The van der Waals surface area contributed by atoms with Gasteiger partial charge < -0.3 is 14.5 Å². The first-order valence-electron chi connectivity index (χ1n) is 11.5. The van der Waals surface area contributed by atoms with Gasteiger partial charge in [0.1, 0.15) is 24.7 Å². The number of halogens is 1. The molecule has 0 radical (unpaired) electrons. The van der Waals surface area contributed by atoms with Crippen LogP contribution in [0.1, 0.15) is 46.4 Å². The summed E-state index contributed by atoms with van der Waals surface area (Å²) in [7, 11) is 0. The first-order valence-corrected chi connectivity index (χ1v) is 13.3. The molecule has 0 aliphatic carbocycles. The Bertz CT molecular complexity index is 1110. The van der Waals surface area contributed by atoms with Crippen LogP contribution in [0.4, 0.5) is 4.39 Å². The van der Waals surface area contributed by atoms with Crippen LogP contribution in [0.3, 0.4) is 0 Å². The van der Waals surface area contributed by atoms with Crippen molar-refractivity contribution >= 4 is 34.5 Å². The lowest BCUT2D eigenvalue weighted by Gasteiger charge is -2.37. The first-order chi connectivity index (χ1) is 16.5. The first kappa shape index (κ1) is 24.4. The predicted octanol–water partition coefficient (Wildman–Crippen LogP) is 5.64. The Balaban J connectivity index is 1.53. The summed E-state index contributed by atoms with van der Waals surface area (Å²) in [6.07, 6.45) is 1.70. The quantitative estimate of drug-likeness (QED) is 0.382. The van der Waals surface area contributed by atoms with Gasteiger partial charge in [0.15, 0.2) is 0 Å². The minimum Gasteiger partial charge on any atom is -0.491 e. The molecule has 8 heteroatoms. The molecular formula is C26H29FN2O3S2. The largest absolute Gasteiger partial charge is 0.491 e. The molecule has 0 saturated heterocycles. The van der Waals surface area contributed by atoms with E-state index in [9.17, 15) is 14.0 Å². The topological polar surface area (TPSA) is 49.9 Å². The molecule has 0 spiro atoms. The van der Waals surface area contributed by atoms with E-state index in [4.69, 9.17) is 4.74 Å². The van der Waals surface area contributed by atoms with Gasteiger partial charge in [0.25, 0.3) is 5.91 Å². The Kier molecular flexibility index (Phi) is 8.00. The van der Waals surface area contributed by atoms with Crippen molar-refractivity contribution in [3.63, 3.8) is 0 Å². The SMILES string of the molecule is CC[C@@H](C)CN(CC(=O)N1CCc2sccc2[C@@H]1COc1cccc(F)c1)C(=O)c1cccs1. The van der Waals surface area contributed by atoms with E-state index in [0.29, 0.717) is 23.7 Å². The molecule has 2 atom stereocenters. The fourth-order valence-corrected chi connectivity index (χ4v) is 5.76. The number of hydrogen-bond acceptors (Lipinski definition) is 5. The maximum atomic E-state index is 13.6. The Morgan fingerprint density at radius 1 is 1.21 bits per heavy atom. The van der Waals surface area contributed by atoms with Gasteiger partial charge in [-0.15, -0.1) is 22.7 Å². The number of ether oxygens (including phenoxy) is 1. The molecule has 34 heavy (non-hydrogen) atoms. The van der Waals surface area contributed by atoms with Crippen LogP contribution in [0.2, 0.25) is 0 Å². The van der Waals surface area contributed by atoms with Crippen molar-refractivity contribution in [3.8, 4) is 5.75 Å². The van der Waals surface area contributed by atoms with Crippen LogP contribution in [-0.2, 0) is 11.2 Å². The lowest BCUT2D eigenvalue weighted by molar-refractivity contribution is -0.135. The molecule has 1 aliphatic heterocycles. The van der Waals surface area contributed by atoms with E-state index in [1.54, 1.807) is 34.4 Å². The third-order valence-electron chi connectivity index (χ3n) is 6.19. The molecule has 0 saturated carbocycles. The number of benzene rings is 1. The molecule has 3 heterocycles. The highest BCUT2D eigenvalue weighted by atomic mass is 32.1. The highest BCUT2D eigenvalue weighted by molar-refractivity contribution is 7.12. The number of amides is 2. The molecule has 5 nitrogen and oxygen atoms in total. The molecular weight excluding hydrogens is 471 g/mol. The minimum atomic E-state index is -0.363. The fraction of sp³-hybridized carbons (Fsp3) is 0.385. The second-order valence-electron chi connectivity index (χ2n) is 8.60. The minimum absolute atomic E-state index is 0.0248. The molecule has 0 unspecified atom stereocenters. The van der Waals surface area contributed by atoms with Crippen LogP contribution in [-0.4, -0.2) is 47.9 Å². The summed E-state index contributed by atoms with van der Waals surface area (Å²) < 4.78 is 19.5. The van der Waals surface area contributed by atoms with Gasteiger partial charge in [-0.05, 0) is 52.9 Å². The Labute approximate surface area is 207 Å². The number of carbonyl (C=O) groups excluding carboxylic acids is 2. The summed E-state index contributed by atoms with van der Waals surface area (Å²) in [5.74, 6) is 0.148. The van der Waals surface area contributed by atoms with E-state index in [-0.39, 0.29) is 42.7 Å². The van der Waals surface area contributed by atoms with E-state index in [0.717, 1.165) is 18.4 Å². The van der Waals surface area contributed by atoms with E-state index in [2.05, 4.69) is 13.8 Å². The summed E-state index contributed by atoms with van der Waals surface area (Å²) in [5.41, 5.74) is 1.07. The Morgan fingerprint density at radius 2 is 2.06 bits per heavy atom. The van der Waals surface area contributed by atoms with Crippen LogP contribution in [0, 0.1) is 11.7 Å². The van der Waals surface area contributed by atoms with Crippen molar-refractivity contribution in [2.45, 2.75) is 32.7 Å². The molecule has 3 aromatic rings. The lowest BCUT2D eigenvalue weighted by Crippen LogP contribution is -2.48. The van der Waals surface area contributed by atoms with Crippen molar-refractivity contribution < 1.29 is 18.7 Å². The van der Waals surface area contributed by atoms with Crippen LogP contribution < -0.4 is 4.74 Å². The highest BCUT2D eigenvalue weighted by Gasteiger charge is 2.34. The van der Waals surface area contributed by atoms with Gasteiger partial charge in [0.05, 0.1) is 10.9 Å². The second kappa shape index (κ2) is 11.1. The maximum absolute atomic E-state index is 13.6. The van der Waals surface area contributed by atoms with Crippen molar-refractivity contribution in [3.05, 3.63) is 74.4 Å².